The molecule has 37 heavy (non-hydrogen) atoms. The Morgan fingerprint density at radius 3 is 2.24 bits per heavy atom. The monoisotopic (exact) mass is 498 g/mol. The number of aryl methyl sites for hydroxylation is 2. The third-order valence-corrected chi connectivity index (χ3v) is 7.56. The van der Waals surface area contributed by atoms with Crippen LogP contribution in [0.4, 0.5) is 5.82 Å². The van der Waals surface area contributed by atoms with Gasteiger partial charge in [0.05, 0.1) is 25.6 Å². The highest BCUT2D eigenvalue weighted by Crippen LogP contribution is 2.32. The van der Waals surface area contributed by atoms with Gasteiger partial charge in [-0.25, -0.2) is 9.97 Å². The lowest BCUT2D eigenvalue weighted by Gasteiger charge is -2.39. The molecule has 9 heteroatoms. The Kier molecular flexibility index (Phi) is 6.72. The third-order valence-electron chi connectivity index (χ3n) is 7.56. The van der Waals surface area contributed by atoms with Gasteiger partial charge in [0.25, 0.3) is 0 Å². The molecule has 3 aromatic heterocycles. The summed E-state index contributed by atoms with van der Waals surface area (Å²) in [7, 11) is 3.86. The van der Waals surface area contributed by atoms with Crippen molar-refractivity contribution in [1.29, 1.82) is 0 Å². The minimum absolute atomic E-state index is 0.386. The van der Waals surface area contributed by atoms with Crippen molar-refractivity contribution < 1.29 is 4.74 Å². The number of hydrogen-bond donors (Lipinski definition) is 1. The average Bonchev–Trinajstić information content (AvgIpc) is 3.58. The number of ether oxygens (including phenoxy) is 1. The van der Waals surface area contributed by atoms with Crippen molar-refractivity contribution in [3.63, 3.8) is 0 Å². The smallest absolute Gasteiger partial charge is 0.161 e. The molecular formula is C28H34N8O. The van der Waals surface area contributed by atoms with Crippen LogP contribution in [0.1, 0.15) is 25.7 Å². The standard InChI is InChI=1S/C28H34N8O/c1-34-18-22(15-30-34)20-4-3-5-21(14-20)27-29-17-26(23-16-31-35(2)19-23)28(33-27)32-24-6-8-25(9-7-24)36-10-12-37-13-11-36/h3-5,14-19,24-25H,6-13H2,1-2H3,(H,29,32,33)/t24-,25-. The Morgan fingerprint density at radius 1 is 0.838 bits per heavy atom. The number of morpholine rings is 1. The Hall–Kier alpha value is -3.56. The lowest BCUT2D eigenvalue weighted by Crippen LogP contribution is -2.46. The lowest BCUT2D eigenvalue weighted by molar-refractivity contribution is 0.00791. The summed E-state index contributed by atoms with van der Waals surface area (Å²) in [5.74, 6) is 1.59. The summed E-state index contributed by atoms with van der Waals surface area (Å²) in [6, 6.07) is 9.39. The van der Waals surface area contributed by atoms with E-state index < -0.39 is 0 Å². The predicted octanol–water partition coefficient (Wildman–Crippen LogP) is 4.00. The molecule has 0 spiro atoms. The van der Waals surface area contributed by atoms with Crippen molar-refractivity contribution in [2.24, 2.45) is 14.1 Å². The minimum atomic E-state index is 0.386. The fraction of sp³-hybridized carbons (Fsp3) is 0.429. The molecular weight excluding hydrogens is 464 g/mol. The summed E-state index contributed by atoms with van der Waals surface area (Å²) in [4.78, 5) is 12.4. The molecule has 0 amide bonds. The van der Waals surface area contributed by atoms with E-state index in [1.807, 2.05) is 54.4 Å². The normalized spacial score (nSPS) is 20.7. The Labute approximate surface area is 217 Å². The molecule has 1 aliphatic heterocycles. The first-order valence-electron chi connectivity index (χ1n) is 13.2. The SMILES string of the molecule is Cn1cc(-c2cccc(-c3ncc(-c4cnn(C)c4)c(N[C@H]4CC[C@H](N5CCOCC5)CC4)n3)c2)cn1. The Bertz CT molecular complexity index is 1350. The fourth-order valence-electron chi connectivity index (χ4n) is 5.53. The van der Waals surface area contributed by atoms with Gasteiger partial charge >= 0.3 is 0 Å². The van der Waals surface area contributed by atoms with E-state index >= 15 is 0 Å². The number of benzene rings is 1. The van der Waals surface area contributed by atoms with Gasteiger partial charge in [-0.2, -0.15) is 10.2 Å². The Balaban J connectivity index is 1.26. The van der Waals surface area contributed by atoms with Crippen molar-refractivity contribution in [2.45, 2.75) is 37.8 Å². The highest BCUT2D eigenvalue weighted by atomic mass is 16.5. The number of anilines is 1. The molecule has 4 aromatic rings. The molecule has 1 saturated carbocycles. The quantitative estimate of drug-likeness (QED) is 0.430. The lowest BCUT2D eigenvalue weighted by atomic mass is 9.89. The van der Waals surface area contributed by atoms with Gasteiger partial charge in [0.1, 0.15) is 5.82 Å². The third kappa shape index (κ3) is 5.28. The maximum atomic E-state index is 5.55. The van der Waals surface area contributed by atoms with Gasteiger partial charge in [0.2, 0.25) is 0 Å². The Morgan fingerprint density at radius 2 is 1.54 bits per heavy atom. The summed E-state index contributed by atoms with van der Waals surface area (Å²) in [6.07, 6.45) is 14.4. The molecule has 2 aliphatic rings. The van der Waals surface area contributed by atoms with Crippen LogP contribution >= 0.6 is 0 Å². The summed E-state index contributed by atoms with van der Waals surface area (Å²) >= 11 is 0. The van der Waals surface area contributed by atoms with Crippen molar-refractivity contribution in [3.05, 3.63) is 55.2 Å². The van der Waals surface area contributed by atoms with Crippen LogP contribution < -0.4 is 5.32 Å². The first-order valence-corrected chi connectivity index (χ1v) is 13.2. The zero-order valence-electron chi connectivity index (χ0n) is 21.5. The van der Waals surface area contributed by atoms with E-state index in [9.17, 15) is 0 Å². The van der Waals surface area contributed by atoms with Crippen LogP contribution in [0.2, 0.25) is 0 Å². The van der Waals surface area contributed by atoms with Crippen LogP contribution in [0.15, 0.2) is 55.2 Å². The highest BCUT2D eigenvalue weighted by Gasteiger charge is 2.27. The van der Waals surface area contributed by atoms with E-state index in [0.717, 1.165) is 72.8 Å². The molecule has 1 aromatic carbocycles. The molecule has 2 fully saturated rings. The summed E-state index contributed by atoms with van der Waals surface area (Å²) in [5.41, 5.74) is 5.16. The zero-order chi connectivity index (χ0) is 25.2. The van der Waals surface area contributed by atoms with Gasteiger partial charge in [-0.05, 0) is 37.3 Å². The minimum Gasteiger partial charge on any atom is -0.379 e. The molecule has 1 saturated heterocycles. The number of nitrogens with zero attached hydrogens (tertiary/aromatic N) is 7. The number of rotatable bonds is 6. The number of nitrogens with one attached hydrogen (secondary N) is 1. The first-order chi connectivity index (χ1) is 18.1. The summed E-state index contributed by atoms with van der Waals surface area (Å²) < 4.78 is 9.18. The van der Waals surface area contributed by atoms with Gasteiger partial charge in [-0.3, -0.25) is 14.3 Å². The van der Waals surface area contributed by atoms with E-state index in [1.54, 1.807) is 0 Å². The first kappa shape index (κ1) is 23.8. The van der Waals surface area contributed by atoms with Crippen molar-refractivity contribution in [2.75, 3.05) is 31.6 Å². The zero-order valence-corrected chi connectivity index (χ0v) is 21.5. The maximum Gasteiger partial charge on any atom is 0.161 e. The second-order valence-electron chi connectivity index (χ2n) is 10.1. The van der Waals surface area contributed by atoms with Crippen LogP contribution in [0.3, 0.4) is 0 Å². The molecule has 4 heterocycles. The second kappa shape index (κ2) is 10.4. The average molecular weight is 499 g/mol. The van der Waals surface area contributed by atoms with E-state index in [-0.39, 0.29) is 0 Å². The topological polar surface area (TPSA) is 85.9 Å². The van der Waals surface area contributed by atoms with Crippen molar-refractivity contribution in [1.82, 2.24) is 34.4 Å². The van der Waals surface area contributed by atoms with Gasteiger partial charge in [-0.15, -0.1) is 0 Å². The van der Waals surface area contributed by atoms with Crippen molar-refractivity contribution >= 4 is 5.82 Å². The van der Waals surface area contributed by atoms with Gasteiger partial charge in [0, 0.05) is 80.1 Å². The molecule has 0 radical (unpaired) electrons. The van der Waals surface area contributed by atoms with Crippen LogP contribution in [0.5, 0.6) is 0 Å². The predicted molar refractivity (Wildman–Crippen MR) is 144 cm³/mol. The molecule has 0 atom stereocenters. The van der Waals surface area contributed by atoms with Crippen LogP contribution in [0, 0.1) is 0 Å². The summed E-state index contributed by atoms with van der Waals surface area (Å²) in [5, 5.41) is 12.5. The molecule has 6 rings (SSSR count). The van der Waals surface area contributed by atoms with E-state index in [0.29, 0.717) is 17.9 Å². The van der Waals surface area contributed by atoms with Gasteiger partial charge < -0.3 is 10.1 Å². The largest absolute Gasteiger partial charge is 0.379 e. The molecule has 0 unspecified atom stereocenters. The molecule has 1 N–H and O–H groups in total. The second-order valence-corrected chi connectivity index (χ2v) is 10.1. The van der Waals surface area contributed by atoms with Gasteiger partial charge in [-0.1, -0.05) is 18.2 Å². The van der Waals surface area contributed by atoms with Crippen LogP contribution in [0.25, 0.3) is 33.6 Å². The van der Waals surface area contributed by atoms with Crippen molar-refractivity contribution in [3.8, 4) is 33.6 Å². The maximum absolute atomic E-state index is 5.55. The van der Waals surface area contributed by atoms with E-state index in [4.69, 9.17) is 14.7 Å². The molecule has 0 bridgehead atoms. The summed E-state index contributed by atoms with van der Waals surface area (Å²) in [6.45, 7) is 3.83. The van der Waals surface area contributed by atoms with Gasteiger partial charge in [0.15, 0.2) is 5.82 Å². The molecule has 1 aliphatic carbocycles. The van der Waals surface area contributed by atoms with E-state index in [2.05, 4.69) is 44.7 Å². The molecule has 192 valence electrons. The number of hydrogen-bond acceptors (Lipinski definition) is 7. The number of aromatic nitrogens is 6. The van der Waals surface area contributed by atoms with E-state index in [1.165, 1.54) is 12.8 Å². The highest BCUT2D eigenvalue weighted by molar-refractivity contribution is 5.76. The van der Waals surface area contributed by atoms with Crippen LogP contribution in [-0.4, -0.2) is 72.8 Å². The fourth-order valence-corrected chi connectivity index (χ4v) is 5.53. The molecule has 9 nitrogen and oxygen atoms in total. The van der Waals surface area contributed by atoms with Crippen LogP contribution in [-0.2, 0) is 18.8 Å².